The summed E-state index contributed by atoms with van der Waals surface area (Å²) in [6.45, 7) is 5.35. The SMILES string of the molecule is COC[C@H]1CN(C(=O)c2cc(Cl)c(Cl)n2C)CC(C)(C)O1. The molecule has 1 aromatic rings. The van der Waals surface area contributed by atoms with E-state index in [0.717, 1.165) is 0 Å². The van der Waals surface area contributed by atoms with Crippen molar-refractivity contribution in [2.24, 2.45) is 7.05 Å². The second-order valence-electron chi connectivity index (χ2n) is 5.87. The van der Waals surface area contributed by atoms with Crippen molar-refractivity contribution >= 4 is 29.1 Å². The molecule has 1 saturated heterocycles. The molecule has 0 unspecified atom stereocenters. The number of halogens is 2. The van der Waals surface area contributed by atoms with Gasteiger partial charge in [-0.25, -0.2) is 0 Å². The summed E-state index contributed by atoms with van der Waals surface area (Å²) in [5, 5.41) is 0.740. The first-order valence-corrected chi connectivity index (χ1v) is 7.47. The second-order valence-corrected chi connectivity index (χ2v) is 6.63. The van der Waals surface area contributed by atoms with Crippen LogP contribution in [0.4, 0.5) is 0 Å². The maximum absolute atomic E-state index is 12.7. The van der Waals surface area contributed by atoms with Crippen LogP contribution in [0.3, 0.4) is 0 Å². The summed E-state index contributed by atoms with van der Waals surface area (Å²) in [4.78, 5) is 14.5. The van der Waals surface area contributed by atoms with Crippen molar-refractivity contribution in [3.63, 3.8) is 0 Å². The van der Waals surface area contributed by atoms with Crippen LogP contribution in [0.25, 0.3) is 0 Å². The van der Waals surface area contributed by atoms with E-state index in [1.807, 2.05) is 13.8 Å². The van der Waals surface area contributed by atoms with Crippen molar-refractivity contribution in [2.75, 3.05) is 26.8 Å². The Morgan fingerprint density at radius 2 is 2.19 bits per heavy atom. The van der Waals surface area contributed by atoms with Crippen LogP contribution in [0.2, 0.25) is 10.2 Å². The lowest BCUT2D eigenvalue weighted by molar-refractivity contribution is -0.143. The number of carbonyl (C=O) groups is 1. The number of ether oxygens (including phenoxy) is 2. The highest BCUT2D eigenvalue weighted by Crippen LogP contribution is 2.28. The van der Waals surface area contributed by atoms with Crippen LogP contribution in [-0.4, -0.2) is 53.9 Å². The predicted octanol–water partition coefficient (Wildman–Crippen LogP) is 2.60. The van der Waals surface area contributed by atoms with E-state index >= 15 is 0 Å². The molecule has 0 bridgehead atoms. The number of aromatic nitrogens is 1. The van der Waals surface area contributed by atoms with Crippen molar-refractivity contribution in [3.8, 4) is 0 Å². The summed E-state index contributed by atoms with van der Waals surface area (Å²) in [6, 6.07) is 1.60. The molecule has 0 aliphatic carbocycles. The summed E-state index contributed by atoms with van der Waals surface area (Å²) in [5.41, 5.74) is 0.0504. The largest absolute Gasteiger partial charge is 0.382 e. The average molecular weight is 335 g/mol. The first-order chi connectivity index (χ1) is 9.75. The number of amides is 1. The summed E-state index contributed by atoms with van der Waals surface area (Å²) in [5.74, 6) is -0.108. The molecule has 0 saturated carbocycles. The summed E-state index contributed by atoms with van der Waals surface area (Å²) < 4.78 is 12.7. The van der Waals surface area contributed by atoms with Crippen LogP contribution in [0.15, 0.2) is 6.07 Å². The Hall–Kier alpha value is -0.750. The van der Waals surface area contributed by atoms with Crippen molar-refractivity contribution in [3.05, 3.63) is 21.9 Å². The van der Waals surface area contributed by atoms with E-state index in [1.54, 1.807) is 29.7 Å². The lowest BCUT2D eigenvalue weighted by Gasteiger charge is -2.42. The molecule has 2 rings (SSSR count). The van der Waals surface area contributed by atoms with E-state index in [4.69, 9.17) is 32.7 Å². The second kappa shape index (κ2) is 6.16. The fraction of sp³-hybridized carbons (Fsp3) is 0.643. The smallest absolute Gasteiger partial charge is 0.270 e. The summed E-state index contributed by atoms with van der Waals surface area (Å²) in [6.07, 6.45) is -0.145. The Kier molecular flexibility index (Phi) is 4.88. The zero-order chi connectivity index (χ0) is 15.8. The third-order valence-electron chi connectivity index (χ3n) is 3.46. The molecule has 0 N–H and O–H groups in total. The first kappa shape index (κ1) is 16.6. The van der Waals surface area contributed by atoms with Crippen LogP contribution in [-0.2, 0) is 16.5 Å². The van der Waals surface area contributed by atoms with Gasteiger partial charge in [-0.2, -0.15) is 0 Å². The third-order valence-corrected chi connectivity index (χ3v) is 4.30. The molecule has 1 aliphatic heterocycles. The molecule has 0 radical (unpaired) electrons. The number of nitrogens with zero attached hydrogens (tertiary/aromatic N) is 2. The molecule has 7 heteroatoms. The van der Waals surface area contributed by atoms with Gasteiger partial charge in [-0.1, -0.05) is 23.2 Å². The van der Waals surface area contributed by atoms with E-state index in [0.29, 0.717) is 35.6 Å². The topological polar surface area (TPSA) is 43.7 Å². The van der Waals surface area contributed by atoms with Gasteiger partial charge in [0.15, 0.2) is 0 Å². The van der Waals surface area contributed by atoms with E-state index in [9.17, 15) is 4.79 Å². The third kappa shape index (κ3) is 3.54. The summed E-state index contributed by atoms with van der Waals surface area (Å²) in [7, 11) is 3.34. The highest BCUT2D eigenvalue weighted by molar-refractivity contribution is 6.41. The fourth-order valence-corrected chi connectivity index (χ4v) is 3.01. The van der Waals surface area contributed by atoms with E-state index < -0.39 is 5.60 Å². The number of hydrogen-bond acceptors (Lipinski definition) is 3. The molecule has 1 amide bonds. The minimum Gasteiger partial charge on any atom is -0.382 e. The van der Waals surface area contributed by atoms with Gasteiger partial charge in [0, 0.05) is 27.2 Å². The quantitative estimate of drug-likeness (QED) is 0.853. The molecule has 0 aromatic carbocycles. The molecule has 118 valence electrons. The van der Waals surface area contributed by atoms with E-state index in [-0.39, 0.29) is 12.0 Å². The molecule has 1 atom stereocenters. The number of hydrogen-bond donors (Lipinski definition) is 0. The molecular formula is C14H20Cl2N2O3. The average Bonchev–Trinajstić information content (AvgIpc) is 2.64. The molecule has 1 aromatic heterocycles. The Morgan fingerprint density at radius 1 is 1.52 bits per heavy atom. The van der Waals surface area contributed by atoms with Gasteiger partial charge in [0.05, 0.1) is 23.3 Å². The predicted molar refractivity (Wildman–Crippen MR) is 82.2 cm³/mol. The van der Waals surface area contributed by atoms with Crippen LogP contribution >= 0.6 is 23.2 Å². The number of morpholine rings is 1. The Labute approximate surface area is 134 Å². The van der Waals surface area contributed by atoms with Crippen LogP contribution < -0.4 is 0 Å². The molecule has 2 heterocycles. The number of rotatable bonds is 3. The normalized spacial score (nSPS) is 21.6. The maximum Gasteiger partial charge on any atom is 0.270 e. The van der Waals surface area contributed by atoms with Crippen LogP contribution in [0.1, 0.15) is 24.3 Å². The van der Waals surface area contributed by atoms with E-state index in [1.165, 1.54) is 0 Å². The number of methoxy groups -OCH3 is 1. The Morgan fingerprint density at radius 3 is 2.71 bits per heavy atom. The highest BCUT2D eigenvalue weighted by Gasteiger charge is 2.36. The van der Waals surface area contributed by atoms with Crippen molar-refractivity contribution in [1.82, 2.24) is 9.47 Å². The minimum absolute atomic E-state index is 0.108. The Bertz CT molecular complexity index is 543. The van der Waals surface area contributed by atoms with Gasteiger partial charge in [-0.15, -0.1) is 0 Å². The van der Waals surface area contributed by atoms with E-state index in [2.05, 4.69) is 0 Å². The molecule has 5 nitrogen and oxygen atoms in total. The summed E-state index contributed by atoms with van der Waals surface area (Å²) >= 11 is 12.0. The van der Waals surface area contributed by atoms with Gasteiger partial charge in [0.25, 0.3) is 5.91 Å². The van der Waals surface area contributed by atoms with Crippen molar-refractivity contribution in [2.45, 2.75) is 25.6 Å². The van der Waals surface area contributed by atoms with Gasteiger partial charge in [-0.3, -0.25) is 4.79 Å². The molecule has 1 aliphatic rings. The van der Waals surface area contributed by atoms with Gasteiger partial charge in [0.2, 0.25) is 0 Å². The standard InChI is InChI=1S/C14H20Cl2N2O3/c1-14(2)8-18(6-9(21-14)7-20-4)13(19)11-5-10(15)12(16)17(11)3/h5,9H,6-8H2,1-4H3/t9-/m1/s1. The van der Waals surface area contributed by atoms with Gasteiger partial charge >= 0.3 is 0 Å². The van der Waals surface area contributed by atoms with Crippen molar-refractivity contribution in [1.29, 1.82) is 0 Å². The van der Waals surface area contributed by atoms with Gasteiger partial charge in [0.1, 0.15) is 10.8 Å². The maximum atomic E-state index is 12.7. The molecule has 0 spiro atoms. The van der Waals surface area contributed by atoms with Crippen LogP contribution in [0.5, 0.6) is 0 Å². The lowest BCUT2D eigenvalue weighted by atomic mass is 10.0. The zero-order valence-electron chi connectivity index (χ0n) is 12.7. The Balaban J connectivity index is 2.23. The van der Waals surface area contributed by atoms with Gasteiger partial charge < -0.3 is 18.9 Å². The van der Waals surface area contributed by atoms with Gasteiger partial charge in [-0.05, 0) is 19.9 Å². The van der Waals surface area contributed by atoms with Crippen molar-refractivity contribution < 1.29 is 14.3 Å². The highest BCUT2D eigenvalue weighted by atomic mass is 35.5. The first-order valence-electron chi connectivity index (χ1n) is 6.72. The minimum atomic E-state index is -0.421. The monoisotopic (exact) mass is 334 g/mol. The lowest BCUT2D eigenvalue weighted by Crippen LogP contribution is -2.55. The van der Waals surface area contributed by atoms with Crippen LogP contribution in [0, 0.1) is 0 Å². The molecule has 1 fully saturated rings. The number of carbonyl (C=O) groups excluding carboxylic acids is 1. The zero-order valence-corrected chi connectivity index (χ0v) is 14.2. The molecule has 21 heavy (non-hydrogen) atoms. The molecular weight excluding hydrogens is 315 g/mol. The fourth-order valence-electron chi connectivity index (χ4n) is 2.63.